The van der Waals surface area contributed by atoms with Crippen molar-refractivity contribution in [2.24, 2.45) is 0 Å². The van der Waals surface area contributed by atoms with Gasteiger partial charge in [0.1, 0.15) is 23.0 Å². The summed E-state index contributed by atoms with van der Waals surface area (Å²) in [5.41, 5.74) is 1.26. The van der Waals surface area contributed by atoms with E-state index in [4.69, 9.17) is 18.9 Å². The van der Waals surface area contributed by atoms with Crippen molar-refractivity contribution in [3.63, 3.8) is 0 Å². The standard InChI is InChI=1S/C19H18O5/c1-4-23-14-7-8-15-17(11-14)24-18(19(15)20)9-12-5-6-13(21-2)10-16(12)22-3/h5-11H,4H2,1-3H3. The van der Waals surface area contributed by atoms with E-state index in [0.29, 0.717) is 35.2 Å². The van der Waals surface area contributed by atoms with E-state index >= 15 is 0 Å². The Morgan fingerprint density at radius 3 is 2.54 bits per heavy atom. The number of allylic oxidation sites excluding steroid dienone is 1. The van der Waals surface area contributed by atoms with Crippen molar-refractivity contribution < 1.29 is 23.7 Å². The fourth-order valence-corrected chi connectivity index (χ4v) is 2.50. The Bertz CT molecular complexity index is 807. The molecule has 1 heterocycles. The number of carbonyl (C=O) groups is 1. The molecular formula is C19H18O5. The molecule has 0 radical (unpaired) electrons. The first-order chi connectivity index (χ1) is 11.7. The van der Waals surface area contributed by atoms with Crippen molar-refractivity contribution in [2.45, 2.75) is 6.92 Å². The summed E-state index contributed by atoms with van der Waals surface area (Å²) in [5, 5.41) is 0. The summed E-state index contributed by atoms with van der Waals surface area (Å²) < 4.78 is 21.7. The Morgan fingerprint density at radius 1 is 1.04 bits per heavy atom. The predicted molar refractivity (Wildman–Crippen MR) is 90.1 cm³/mol. The van der Waals surface area contributed by atoms with Gasteiger partial charge in [0.25, 0.3) is 0 Å². The molecule has 0 N–H and O–H groups in total. The minimum Gasteiger partial charge on any atom is -0.497 e. The van der Waals surface area contributed by atoms with Gasteiger partial charge in [-0.05, 0) is 37.3 Å². The van der Waals surface area contributed by atoms with E-state index in [1.165, 1.54) is 0 Å². The van der Waals surface area contributed by atoms with Crippen LogP contribution in [0, 0.1) is 0 Å². The molecule has 0 unspecified atom stereocenters. The SMILES string of the molecule is CCOc1ccc2c(c1)OC(=Cc1ccc(OC)cc1OC)C2=O. The number of hydrogen-bond donors (Lipinski definition) is 0. The summed E-state index contributed by atoms with van der Waals surface area (Å²) in [6, 6.07) is 10.6. The molecule has 0 fully saturated rings. The third-order valence-electron chi connectivity index (χ3n) is 3.68. The first-order valence-corrected chi connectivity index (χ1v) is 7.59. The molecular weight excluding hydrogens is 308 g/mol. The highest BCUT2D eigenvalue weighted by Crippen LogP contribution is 2.36. The maximum atomic E-state index is 12.5. The molecule has 1 aliphatic rings. The van der Waals surface area contributed by atoms with Crippen LogP contribution in [0.15, 0.2) is 42.2 Å². The maximum absolute atomic E-state index is 12.5. The second-order valence-electron chi connectivity index (χ2n) is 5.14. The number of carbonyl (C=O) groups excluding carboxylic acids is 1. The summed E-state index contributed by atoms with van der Waals surface area (Å²) in [5.74, 6) is 2.55. The van der Waals surface area contributed by atoms with Crippen LogP contribution in [-0.4, -0.2) is 26.6 Å². The lowest BCUT2D eigenvalue weighted by atomic mass is 10.1. The van der Waals surface area contributed by atoms with Crippen LogP contribution in [0.4, 0.5) is 0 Å². The number of rotatable bonds is 5. The van der Waals surface area contributed by atoms with E-state index in [-0.39, 0.29) is 11.5 Å². The van der Waals surface area contributed by atoms with Gasteiger partial charge in [0.05, 0.1) is 26.4 Å². The Morgan fingerprint density at radius 2 is 1.83 bits per heavy atom. The van der Waals surface area contributed by atoms with E-state index in [2.05, 4.69) is 0 Å². The van der Waals surface area contributed by atoms with Gasteiger partial charge in [0.2, 0.25) is 5.78 Å². The lowest BCUT2D eigenvalue weighted by Gasteiger charge is -2.08. The third kappa shape index (κ3) is 2.93. The molecule has 1 aliphatic heterocycles. The quantitative estimate of drug-likeness (QED) is 0.784. The summed E-state index contributed by atoms with van der Waals surface area (Å²) in [7, 11) is 3.15. The van der Waals surface area contributed by atoms with E-state index in [1.807, 2.05) is 13.0 Å². The number of ether oxygens (including phenoxy) is 4. The molecule has 2 aromatic carbocycles. The van der Waals surface area contributed by atoms with Crippen molar-refractivity contribution in [1.82, 2.24) is 0 Å². The highest BCUT2D eigenvalue weighted by molar-refractivity contribution is 6.14. The van der Waals surface area contributed by atoms with Gasteiger partial charge < -0.3 is 18.9 Å². The molecule has 24 heavy (non-hydrogen) atoms. The first-order valence-electron chi connectivity index (χ1n) is 7.59. The Labute approximate surface area is 140 Å². The van der Waals surface area contributed by atoms with Crippen molar-refractivity contribution in [3.05, 3.63) is 53.3 Å². The van der Waals surface area contributed by atoms with Gasteiger partial charge in [0, 0.05) is 17.7 Å². The maximum Gasteiger partial charge on any atom is 0.231 e. The van der Waals surface area contributed by atoms with Crippen molar-refractivity contribution in [3.8, 4) is 23.0 Å². The van der Waals surface area contributed by atoms with E-state index in [9.17, 15) is 4.79 Å². The number of fused-ring (bicyclic) bond motifs is 1. The summed E-state index contributed by atoms with van der Waals surface area (Å²) in [4.78, 5) is 12.5. The number of methoxy groups -OCH3 is 2. The van der Waals surface area contributed by atoms with Crippen LogP contribution in [0.3, 0.4) is 0 Å². The Balaban J connectivity index is 1.94. The average molecular weight is 326 g/mol. The largest absolute Gasteiger partial charge is 0.497 e. The zero-order chi connectivity index (χ0) is 17.1. The van der Waals surface area contributed by atoms with Gasteiger partial charge in [-0.15, -0.1) is 0 Å². The zero-order valence-corrected chi connectivity index (χ0v) is 13.8. The van der Waals surface area contributed by atoms with E-state index < -0.39 is 0 Å². The smallest absolute Gasteiger partial charge is 0.231 e. The molecule has 0 bridgehead atoms. The number of hydrogen-bond acceptors (Lipinski definition) is 5. The molecule has 0 aromatic heterocycles. The topological polar surface area (TPSA) is 54.0 Å². The molecule has 0 saturated carbocycles. The van der Waals surface area contributed by atoms with Crippen molar-refractivity contribution >= 4 is 11.9 Å². The summed E-state index contributed by atoms with van der Waals surface area (Å²) in [6.45, 7) is 2.46. The van der Waals surface area contributed by atoms with Gasteiger partial charge in [-0.25, -0.2) is 0 Å². The van der Waals surface area contributed by atoms with Crippen LogP contribution in [0.2, 0.25) is 0 Å². The van der Waals surface area contributed by atoms with Gasteiger partial charge in [-0.2, -0.15) is 0 Å². The van der Waals surface area contributed by atoms with Gasteiger partial charge in [-0.3, -0.25) is 4.79 Å². The van der Waals surface area contributed by atoms with Crippen molar-refractivity contribution in [1.29, 1.82) is 0 Å². The number of ketones is 1. The molecule has 3 rings (SSSR count). The predicted octanol–water partition coefficient (Wildman–Crippen LogP) is 3.72. The fraction of sp³-hybridized carbons (Fsp3) is 0.211. The average Bonchev–Trinajstić information content (AvgIpc) is 2.91. The number of benzene rings is 2. The molecule has 0 saturated heterocycles. The zero-order valence-electron chi connectivity index (χ0n) is 13.8. The minimum absolute atomic E-state index is 0.161. The highest BCUT2D eigenvalue weighted by atomic mass is 16.5. The van der Waals surface area contributed by atoms with Crippen LogP contribution < -0.4 is 18.9 Å². The normalized spacial score (nSPS) is 14.3. The number of Topliss-reactive ketones (excluding diaryl/α,β-unsaturated/α-hetero) is 1. The molecule has 5 heteroatoms. The summed E-state index contributed by atoms with van der Waals surface area (Å²) >= 11 is 0. The first kappa shape index (κ1) is 15.9. The van der Waals surface area contributed by atoms with Crippen LogP contribution in [0.25, 0.3) is 6.08 Å². The lowest BCUT2D eigenvalue weighted by molar-refractivity contribution is 0.101. The molecule has 0 atom stereocenters. The third-order valence-corrected chi connectivity index (χ3v) is 3.68. The van der Waals surface area contributed by atoms with Crippen LogP contribution in [0.1, 0.15) is 22.8 Å². The van der Waals surface area contributed by atoms with Crippen molar-refractivity contribution in [2.75, 3.05) is 20.8 Å². The molecule has 2 aromatic rings. The Hall–Kier alpha value is -2.95. The molecule has 0 spiro atoms. The minimum atomic E-state index is -0.161. The van der Waals surface area contributed by atoms with Crippen LogP contribution in [-0.2, 0) is 0 Å². The summed E-state index contributed by atoms with van der Waals surface area (Å²) in [6.07, 6.45) is 1.67. The Kier molecular flexibility index (Phi) is 4.42. The van der Waals surface area contributed by atoms with Crippen LogP contribution >= 0.6 is 0 Å². The molecule has 5 nitrogen and oxygen atoms in total. The molecule has 124 valence electrons. The van der Waals surface area contributed by atoms with Gasteiger partial charge in [0.15, 0.2) is 5.76 Å². The monoisotopic (exact) mass is 326 g/mol. The highest BCUT2D eigenvalue weighted by Gasteiger charge is 2.28. The van der Waals surface area contributed by atoms with Gasteiger partial charge >= 0.3 is 0 Å². The van der Waals surface area contributed by atoms with E-state index in [1.54, 1.807) is 50.6 Å². The van der Waals surface area contributed by atoms with E-state index in [0.717, 1.165) is 5.56 Å². The second-order valence-corrected chi connectivity index (χ2v) is 5.14. The van der Waals surface area contributed by atoms with Gasteiger partial charge in [-0.1, -0.05) is 0 Å². The lowest BCUT2D eigenvalue weighted by Crippen LogP contribution is -1.99. The molecule has 0 aliphatic carbocycles. The van der Waals surface area contributed by atoms with Crippen LogP contribution in [0.5, 0.6) is 23.0 Å². The second kappa shape index (κ2) is 6.66. The fourth-order valence-electron chi connectivity index (χ4n) is 2.50. The molecule has 0 amide bonds.